The molecule has 0 saturated heterocycles. The number of benzene rings is 3. The van der Waals surface area contributed by atoms with Gasteiger partial charge in [0.25, 0.3) is 0 Å². The molecule has 1 N–H and O–H groups in total. The number of halogens is 3. The summed E-state index contributed by atoms with van der Waals surface area (Å²) in [7, 11) is 0. The average Bonchev–Trinajstić information content (AvgIpc) is 2.80. The van der Waals surface area contributed by atoms with Crippen molar-refractivity contribution in [2.24, 2.45) is 0 Å². The number of hydrogen-bond donors (Lipinski definition) is 1. The molecule has 0 unspecified atom stereocenters. The van der Waals surface area contributed by atoms with Crippen LogP contribution in [-0.2, 0) is 29.0 Å². The predicted molar refractivity (Wildman–Crippen MR) is 134 cm³/mol. The third kappa shape index (κ3) is 6.81. The van der Waals surface area contributed by atoms with Crippen molar-refractivity contribution in [3.63, 3.8) is 0 Å². The van der Waals surface area contributed by atoms with Crippen LogP contribution in [0, 0.1) is 5.82 Å². The second-order valence-corrected chi connectivity index (χ2v) is 9.17. The number of rotatable bonds is 9. The first-order chi connectivity index (χ1) is 16.3. The van der Waals surface area contributed by atoms with E-state index in [4.69, 9.17) is 23.2 Å². The maximum absolute atomic E-state index is 14.5. The number of nitrogens with zero attached hydrogens (tertiary/aromatic N) is 1. The van der Waals surface area contributed by atoms with E-state index >= 15 is 0 Å². The number of hydrogen-bond acceptors (Lipinski definition) is 2. The van der Waals surface area contributed by atoms with E-state index in [1.807, 2.05) is 50.2 Å². The van der Waals surface area contributed by atoms with Gasteiger partial charge in [-0.1, -0.05) is 77.8 Å². The maximum atomic E-state index is 14.5. The lowest BCUT2D eigenvalue weighted by atomic mass is 10.0. The van der Waals surface area contributed by atoms with E-state index in [1.54, 1.807) is 24.3 Å². The Morgan fingerprint density at radius 3 is 2.21 bits per heavy atom. The first-order valence-electron chi connectivity index (χ1n) is 11.1. The van der Waals surface area contributed by atoms with Crippen LogP contribution in [0.4, 0.5) is 4.39 Å². The summed E-state index contributed by atoms with van der Waals surface area (Å²) in [6.45, 7) is 3.81. The van der Waals surface area contributed by atoms with Crippen molar-refractivity contribution in [1.29, 1.82) is 0 Å². The first kappa shape index (κ1) is 25.7. The lowest BCUT2D eigenvalue weighted by Crippen LogP contribution is -2.52. The zero-order chi connectivity index (χ0) is 24.7. The Hall–Kier alpha value is -2.89. The standard InChI is InChI=1S/C27H27Cl2FN2O2/c1-18(2)31-27(34)25(15-19-9-4-3-5-10-19)32(17-20-11-6-7-12-22(20)28)26(33)16-21-23(29)13-8-14-24(21)30/h3-14,18,25H,15-17H2,1-2H3,(H,31,34)/t25-/m1/s1. The molecule has 4 nitrogen and oxygen atoms in total. The summed E-state index contributed by atoms with van der Waals surface area (Å²) in [4.78, 5) is 28.4. The van der Waals surface area contributed by atoms with E-state index in [0.29, 0.717) is 17.0 Å². The molecule has 0 fully saturated rings. The second kappa shape index (κ2) is 12.0. The summed E-state index contributed by atoms with van der Waals surface area (Å²) in [5, 5.41) is 3.56. The molecule has 0 aliphatic rings. The minimum atomic E-state index is -0.834. The summed E-state index contributed by atoms with van der Waals surface area (Å²) in [5.41, 5.74) is 1.68. The van der Waals surface area contributed by atoms with Crippen LogP contribution >= 0.6 is 23.2 Å². The van der Waals surface area contributed by atoms with Gasteiger partial charge in [-0.25, -0.2) is 4.39 Å². The van der Waals surface area contributed by atoms with E-state index < -0.39 is 17.8 Å². The van der Waals surface area contributed by atoms with Gasteiger partial charge in [-0.2, -0.15) is 0 Å². The molecule has 34 heavy (non-hydrogen) atoms. The van der Waals surface area contributed by atoms with E-state index in [1.165, 1.54) is 17.0 Å². The highest BCUT2D eigenvalue weighted by Gasteiger charge is 2.31. The molecule has 0 bridgehead atoms. The van der Waals surface area contributed by atoms with Gasteiger partial charge in [0, 0.05) is 34.6 Å². The Morgan fingerprint density at radius 2 is 1.56 bits per heavy atom. The summed E-state index contributed by atoms with van der Waals surface area (Å²) >= 11 is 12.6. The molecule has 0 aromatic heterocycles. The van der Waals surface area contributed by atoms with Crippen LogP contribution in [0.25, 0.3) is 0 Å². The van der Waals surface area contributed by atoms with Gasteiger partial charge < -0.3 is 10.2 Å². The lowest BCUT2D eigenvalue weighted by molar-refractivity contribution is -0.141. The Balaban J connectivity index is 2.02. The van der Waals surface area contributed by atoms with Crippen LogP contribution in [-0.4, -0.2) is 28.8 Å². The molecule has 0 aliphatic carbocycles. The molecule has 3 aromatic carbocycles. The van der Waals surface area contributed by atoms with Crippen molar-refractivity contribution in [2.75, 3.05) is 0 Å². The Labute approximate surface area is 209 Å². The van der Waals surface area contributed by atoms with Gasteiger partial charge in [-0.3, -0.25) is 9.59 Å². The van der Waals surface area contributed by atoms with Crippen molar-refractivity contribution in [3.05, 3.63) is 105 Å². The summed E-state index contributed by atoms with van der Waals surface area (Å²) in [6.07, 6.45) is 0.0107. The zero-order valence-electron chi connectivity index (χ0n) is 19.1. The van der Waals surface area contributed by atoms with Crippen molar-refractivity contribution in [3.8, 4) is 0 Å². The lowest BCUT2D eigenvalue weighted by Gasteiger charge is -2.32. The Morgan fingerprint density at radius 1 is 0.912 bits per heavy atom. The van der Waals surface area contributed by atoms with Crippen molar-refractivity contribution < 1.29 is 14.0 Å². The van der Waals surface area contributed by atoms with Crippen LogP contribution in [0.3, 0.4) is 0 Å². The van der Waals surface area contributed by atoms with E-state index in [9.17, 15) is 14.0 Å². The number of carbonyl (C=O) groups excluding carboxylic acids is 2. The molecule has 0 radical (unpaired) electrons. The third-order valence-electron chi connectivity index (χ3n) is 5.39. The molecule has 0 spiro atoms. The molecule has 3 rings (SSSR count). The minimum Gasteiger partial charge on any atom is -0.352 e. The molecule has 1 atom stereocenters. The Kier molecular flexibility index (Phi) is 9.08. The van der Waals surface area contributed by atoms with Crippen LogP contribution in [0.15, 0.2) is 72.8 Å². The fraction of sp³-hybridized carbons (Fsp3) is 0.259. The number of carbonyl (C=O) groups is 2. The monoisotopic (exact) mass is 500 g/mol. The minimum absolute atomic E-state index is 0.0909. The smallest absolute Gasteiger partial charge is 0.243 e. The summed E-state index contributed by atoms with van der Waals surface area (Å²) < 4.78 is 14.5. The summed E-state index contributed by atoms with van der Waals surface area (Å²) in [5.74, 6) is -1.28. The van der Waals surface area contributed by atoms with Crippen LogP contribution in [0.2, 0.25) is 10.0 Å². The predicted octanol–water partition coefficient (Wildman–Crippen LogP) is 5.84. The van der Waals surface area contributed by atoms with Crippen LogP contribution in [0.5, 0.6) is 0 Å². The largest absolute Gasteiger partial charge is 0.352 e. The highest BCUT2D eigenvalue weighted by molar-refractivity contribution is 6.31. The molecular formula is C27H27Cl2FN2O2. The van der Waals surface area contributed by atoms with Gasteiger partial charge in [0.05, 0.1) is 6.42 Å². The zero-order valence-corrected chi connectivity index (χ0v) is 20.6. The molecule has 0 heterocycles. The van der Waals surface area contributed by atoms with Crippen molar-refractivity contribution >= 4 is 35.0 Å². The number of amides is 2. The van der Waals surface area contributed by atoms with Gasteiger partial charge in [-0.05, 0) is 43.2 Å². The molecule has 0 aliphatic heterocycles. The quantitative estimate of drug-likeness (QED) is 0.401. The highest BCUT2D eigenvalue weighted by Crippen LogP contribution is 2.24. The maximum Gasteiger partial charge on any atom is 0.243 e. The highest BCUT2D eigenvalue weighted by atomic mass is 35.5. The van der Waals surface area contributed by atoms with Crippen molar-refractivity contribution in [1.82, 2.24) is 10.2 Å². The third-order valence-corrected chi connectivity index (χ3v) is 6.11. The average molecular weight is 501 g/mol. The fourth-order valence-electron chi connectivity index (χ4n) is 3.70. The number of nitrogens with one attached hydrogen (secondary N) is 1. The first-order valence-corrected chi connectivity index (χ1v) is 11.8. The topological polar surface area (TPSA) is 49.4 Å². The van der Waals surface area contributed by atoms with Gasteiger partial charge in [0.15, 0.2) is 0 Å². The van der Waals surface area contributed by atoms with Crippen LogP contribution < -0.4 is 5.32 Å². The SMILES string of the molecule is CC(C)NC(=O)[C@@H](Cc1ccccc1)N(Cc1ccccc1Cl)C(=O)Cc1c(F)cccc1Cl. The van der Waals surface area contributed by atoms with Crippen molar-refractivity contribution in [2.45, 2.75) is 45.3 Å². The Bertz CT molecular complexity index is 1120. The van der Waals surface area contributed by atoms with E-state index in [-0.39, 0.29) is 35.5 Å². The van der Waals surface area contributed by atoms with Gasteiger partial charge in [-0.15, -0.1) is 0 Å². The second-order valence-electron chi connectivity index (χ2n) is 8.36. The summed E-state index contributed by atoms with van der Waals surface area (Å²) in [6, 6.07) is 19.9. The normalized spacial score (nSPS) is 11.8. The van der Waals surface area contributed by atoms with E-state index in [0.717, 1.165) is 5.56 Å². The molecule has 0 saturated carbocycles. The van der Waals surface area contributed by atoms with E-state index in [2.05, 4.69) is 5.32 Å². The molecular weight excluding hydrogens is 474 g/mol. The van der Waals surface area contributed by atoms with Gasteiger partial charge >= 0.3 is 0 Å². The molecule has 3 aromatic rings. The molecule has 7 heteroatoms. The molecule has 2 amide bonds. The van der Waals surface area contributed by atoms with Gasteiger partial charge in [0.2, 0.25) is 11.8 Å². The fourth-order valence-corrected chi connectivity index (χ4v) is 4.12. The molecule has 178 valence electrons. The van der Waals surface area contributed by atoms with Gasteiger partial charge in [0.1, 0.15) is 11.9 Å². The van der Waals surface area contributed by atoms with Crippen LogP contribution in [0.1, 0.15) is 30.5 Å².